The first kappa shape index (κ1) is 23.6. The van der Waals surface area contributed by atoms with E-state index in [9.17, 15) is 0 Å². The van der Waals surface area contributed by atoms with Crippen LogP contribution in [0.3, 0.4) is 0 Å². The molecule has 0 N–H and O–H groups in total. The van der Waals surface area contributed by atoms with Crippen molar-refractivity contribution in [3.63, 3.8) is 0 Å². The number of nitrogens with zero attached hydrogens (tertiary/aromatic N) is 2. The second-order valence-electron chi connectivity index (χ2n) is 11.7. The molecule has 2 aromatic heterocycles. The Labute approximate surface area is 253 Å². The zero-order valence-corrected chi connectivity index (χ0v) is 24.1. The van der Waals surface area contributed by atoms with E-state index in [1.807, 2.05) is 11.3 Å². The Morgan fingerprint density at radius 1 is 0.651 bits per heavy atom. The van der Waals surface area contributed by atoms with Crippen LogP contribution in [0.1, 0.15) is 6.42 Å². The molecule has 202 valence electrons. The summed E-state index contributed by atoms with van der Waals surface area (Å²) in [6, 6.07) is 41.7. The van der Waals surface area contributed by atoms with Crippen molar-refractivity contribution in [2.75, 3.05) is 9.80 Å². The molecule has 10 rings (SSSR count). The van der Waals surface area contributed by atoms with Crippen LogP contribution in [0.5, 0.6) is 0 Å². The third-order valence-corrected chi connectivity index (χ3v) is 10.6. The van der Waals surface area contributed by atoms with Gasteiger partial charge in [-0.05, 0) is 83.8 Å². The second-order valence-corrected chi connectivity index (χ2v) is 12.7. The molecule has 0 spiro atoms. The number of anilines is 5. The van der Waals surface area contributed by atoms with Gasteiger partial charge in [0.2, 0.25) is 12.6 Å². The van der Waals surface area contributed by atoms with Crippen LogP contribution in [-0.2, 0) is 0 Å². The number of allylic oxidation sites excluding steroid dienone is 4. The fourth-order valence-electron chi connectivity index (χ4n) is 7.72. The van der Waals surface area contributed by atoms with Gasteiger partial charge < -0.3 is 9.32 Å². The van der Waals surface area contributed by atoms with Gasteiger partial charge >= 0.3 is 0 Å². The van der Waals surface area contributed by atoms with Crippen LogP contribution >= 0.6 is 11.3 Å². The highest BCUT2D eigenvalue weighted by Crippen LogP contribution is 2.51. The fraction of sp³-hybridized carbons (Fsp3) is 0.0526. The SMILES string of the molecule is C1=CCC2B3c4c(cccc4N(c4ccccc4)c4oc5cc6sc7ccccc7c6cc5c43)N(c3ccccc3)C2=C1. The molecule has 0 saturated carbocycles. The standard InChI is InChI=1S/C38H25BN2OS/c1-3-12-24(13-4-1)40-30-18-9-8-17-29(30)39-36-28-22-27-26-16-7-10-21-34(26)43-35(27)23-33(28)42-38(36)41(25-14-5-2-6-15-25)32-20-11-19-31(40)37(32)39/h1-16,18-23,29H,17H2. The highest BCUT2D eigenvalue weighted by molar-refractivity contribution is 7.25. The molecule has 0 bridgehead atoms. The smallest absolute Gasteiger partial charge is 0.232 e. The predicted molar refractivity (Wildman–Crippen MR) is 183 cm³/mol. The van der Waals surface area contributed by atoms with E-state index in [-0.39, 0.29) is 12.5 Å². The van der Waals surface area contributed by atoms with E-state index in [1.54, 1.807) is 0 Å². The Bertz CT molecular complexity index is 2300. The van der Waals surface area contributed by atoms with E-state index >= 15 is 0 Å². The van der Waals surface area contributed by atoms with Crippen LogP contribution in [0.25, 0.3) is 31.1 Å². The van der Waals surface area contributed by atoms with E-state index in [1.165, 1.54) is 59.2 Å². The Morgan fingerprint density at radius 3 is 2.19 bits per heavy atom. The van der Waals surface area contributed by atoms with Crippen molar-refractivity contribution in [3.05, 3.63) is 139 Å². The molecule has 0 radical (unpaired) electrons. The average molecular weight is 569 g/mol. The topological polar surface area (TPSA) is 19.6 Å². The van der Waals surface area contributed by atoms with Crippen molar-refractivity contribution >= 4 is 88.8 Å². The molecular weight excluding hydrogens is 543 g/mol. The maximum absolute atomic E-state index is 6.99. The Kier molecular flexibility index (Phi) is 4.80. The number of hydrogen-bond donors (Lipinski definition) is 0. The average Bonchev–Trinajstić information content (AvgIpc) is 3.61. The van der Waals surface area contributed by atoms with Crippen molar-refractivity contribution in [1.29, 1.82) is 0 Å². The summed E-state index contributed by atoms with van der Waals surface area (Å²) in [4.78, 5) is 4.85. The summed E-state index contributed by atoms with van der Waals surface area (Å²) in [5.74, 6) is 1.23. The lowest BCUT2D eigenvalue weighted by molar-refractivity contribution is 0.623. The monoisotopic (exact) mass is 568 g/mol. The third-order valence-electron chi connectivity index (χ3n) is 9.44. The van der Waals surface area contributed by atoms with Gasteiger partial charge in [-0.15, -0.1) is 11.3 Å². The van der Waals surface area contributed by atoms with Crippen molar-refractivity contribution in [1.82, 2.24) is 0 Å². The summed E-state index contributed by atoms with van der Waals surface area (Å²) in [5, 5.41) is 3.85. The van der Waals surface area contributed by atoms with E-state index in [0.717, 1.165) is 23.6 Å². The molecule has 4 heterocycles. The Hall–Kier alpha value is -5.00. The lowest BCUT2D eigenvalue weighted by atomic mass is 9.29. The zero-order valence-electron chi connectivity index (χ0n) is 23.3. The quantitative estimate of drug-likeness (QED) is 0.194. The molecule has 0 amide bonds. The van der Waals surface area contributed by atoms with Gasteiger partial charge in [-0.1, -0.05) is 72.8 Å². The predicted octanol–water partition coefficient (Wildman–Crippen LogP) is 9.56. The van der Waals surface area contributed by atoms with E-state index < -0.39 is 0 Å². The summed E-state index contributed by atoms with van der Waals surface area (Å²) in [5.41, 5.74) is 9.73. The van der Waals surface area contributed by atoms with E-state index in [2.05, 4.69) is 143 Å². The molecule has 1 atom stereocenters. The largest absolute Gasteiger partial charge is 0.440 e. The molecule has 1 unspecified atom stereocenters. The number of hydrogen-bond acceptors (Lipinski definition) is 4. The van der Waals surface area contributed by atoms with Crippen molar-refractivity contribution in [2.45, 2.75) is 12.2 Å². The number of thiophene rings is 1. The summed E-state index contributed by atoms with van der Waals surface area (Å²) in [7, 11) is 0. The summed E-state index contributed by atoms with van der Waals surface area (Å²) in [6.45, 7) is 0.168. The van der Waals surface area contributed by atoms with Gasteiger partial charge in [-0.2, -0.15) is 0 Å². The number of rotatable bonds is 2. The summed E-state index contributed by atoms with van der Waals surface area (Å²) in [6.07, 6.45) is 7.87. The van der Waals surface area contributed by atoms with Crippen LogP contribution in [-0.4, -0.2) is 6.71 Å². The first-order chi connectivity index (χ1) is 21.3. The minimum Gasteiger partial charge on any atom is -0.440 e. The van der Waals surface area contributed by atoms with Gasteiger partial charge in [-0.3, -0.25) is 4.90 Å². The first-order valence-corrected chi connectivity index (χ1v) is 15.7. The number of fused-ring (bicyclic) bond motifs is 9. The number of para-hydroxylation sites is 2. The molecular formula is C38H25BN2OS. The summed E-state index contributed by atoms with van der Waals surface area (Å²) < 4.78 is 9.57. The van der Waals surface area contributed by atoms with Crippen LogP contribution in [0, 0.1) is 0 Å². The molecule has 0 fully saturated rings. The lowest BCUT2D eigenvalue weighted by Crippen LogP contribution is -2.57. The second kappa shape index (κ2) is 8.76. The van der Waals surface area contributed by atoms with Gasteiger partial charge in [0.05, 0.1) is 0 Å². The van der Waals surface area contributed by atoms with Gasteiger partial charge in [0, 0.05) is 54.0 Å². The van der Waals surface area contributed by atoms with Gasteiger partial charge in [0.25, 0.3) is 0 Å². The lowest BCUT2D eigenvalue weighted by Gasteiger charge is -2.46. The van der Waals surface area contributed by atoms with Crippen LogP contribution in [0.15, 0.2) is 144 Å². The van der Waals surface area contributed by atoms with Gasteiger partial charge in [0.1, 0.15) is 5.58 Å². The van der Waals surface area contributed by atoms with Gasteiger partial charge in [0.15, 0.2) is 0 Å². The molecule has 1 aliphatic carbocycles. The van der Waals surface area contributed by atoms with Crippen molar-refractivity contribution < 1.29 is 4.42 Å². The first-order valence-electron chi connectivity index (χ1n) is 14.9. The molecule has 3 nitrogen and oxygen atoms in total. The van der Waals surface area contributed by atoms with Crippen LogP contribution < -0.4 is 20.7 Å². The molecule has 5 aromatic carbocycles. The normalized spacial score (nSPS) is 16.9. The van der Waals surface area contributed by atoms with Crippen molar-refractivity contribution in [2.24, 2.45) is 0 Å². The zero-order chi connectivity index (χ0) is 28.1. The number of benzene rings is 5. The Morgan fingerprint density at radius 2 is 1.37 bits per heavy atom. The van der Waals surface area contributed by atoms with Crippen LogP contribution in [0.2, 0.25) is 5.82 Å². The fourth-order valence-corrected chi connectivity index (χ4v) is 8.83. The molecule has 5 heteroatoms. The summed E-state index contributed by atoms with van der Waals surface area (Å²) >= 11 is 1.84. The van der Waals surface area contributed by atoms with E-state index in [4.69, 9.17) is 4.42 Å². The minimum absolute atomic E-state index is 0.168. The number of furan rings is 1. The maximum atomic E-state index is 6.99. The third kappa shape index (κ3) is 3.20. The molecule has 7 aromatic rings. The molecule has 2 aliphatic heterocycles. The molecule has 0 saturated heterocycles. The maximum Gasteiger partial charge on any atom is 0.232 e. The minimum atomic E-state index is 0.168. The Balaban J connectivity index is 1.33. The molecule has 43 heavy (non-hydrogen) atoms. The highest BCUT2D eigenvalue weighted by atomic mass is 32.1. The van der Waals surface area contributed by atoms with Crippen LogP contribution in [0.4, 0.5) is 28.6 Å². The highest BCUT2D eigenvalue weighted by Gasteiger charge is 2.49. The molecule has 3 aliphatic rings. The van der Waals surface area contributed by atoms with Crippen molar-refractivity contribution in [3.8, 4) is 0 Å². The van der Waals surface area contributed by atoms with E-state index in [0.29, 0.717) is 0 Å². The van der Waals surface area contributed by atoms with Gasteiger partial charge in [-0.25, -0.2) is 0 Å².